The normalized spacial score (nSPS) is 37.6. The van der Waals surface area contributed by atoms with Gasteiger partial charge in [0.15, 0.2) is 0 Å². The number of ether oxygens (including phenoxy) is 1. The van der Waals surface area contributed by atoms with Gasteiger partial charge in [0.1, 0.15) is 0 Å². The van der Waals surface area contributed by atoms with Gasteiger partial charge in [-0.25, -0.2) is 0 Å². The predicted octanol–water partition coefficient (Wildman–Crippen LogP) is 1.41. The van der Waals surface area contributed by atoms with E-state index in [1.807, 2.05) is 13.0 Å². The number of rotatable bonds is 4. The summed E-state index contributed by atoms with van der Waals surface area (Å²) in [7, 11) is 0. The smallest absolute Gasteiger partial charge is 0.0985 e. The fourth-order valence-electron chi connectivity index (χ4n) is 1.81. The van der Waals surface area contributed by atoms with Crippen LogP contribution in [0.1, 0.15) is 26.7 Å². The standard InChI is InChI=1S/C12H20O3/c1-4-6-12(3)7-5-10(14)11(15-12)8-9(2)13/h4-5,7,9-11,13-14H,1,6,8H2,2-3H3/t9-,10+,11+,12+/m0/s1. The third-order valence-corrected chi connectivity index (χ3v) is 2.57. The molecule has 0 fully saturated rings. The first-order valence-electron chi connectivity index (χ1n) is 5.31. The maximum Gasteiger partial charge on any atom is 0.0985 e. The molecule has 1 heterocycles. The number of hydrogen-bond acceptors (Lipinski definition) is 3. The number of aliphatic hydroxyl groups excluding tert-OH is 2. The van der Waals surface area contributed by atoms with Crippen molar-refractivity contribution >= 4 is 0 Å². The second-order valence-electron chi connectivity index (χ2n) is 4.40. The minimum atomic E-state index is -0.627. The molecule has 0 aliphatic carbocycles. The summed E-state index contributed by atoms with van der Waals surface area (Å²) in [6, 6.07) is 0. The molecule has 86 valence electrons. The third-order valence-electron chi connectivity index (χ3n) is 2.57. The van der Waals surface area contributed by atoms with E-state index in [1.165, 1.54) is 0 Å². The van der Waals surface area contributed by atoms with E-state index in [9.17, 15) is 10.2 Å². The van der Waals surface area contributed by atoms with Gasteiger partial charge in [-0.2, -0.15) is 0 Å². The van der Waals surface area contributed by atoms with Crippen molar-refractivity contribution in [2.45, 2.75) is 50.6 Å². The summed E-state index contributed by atoms with van der Waals surface area (Å²) in [6.07, 6.45) is 5.10. The molecule has 0 saturated heterocycles. The molecule has 0 aromatic rings. The molecule has 0 bridgehead atoms. The Morgan fingerprint density at radius 3 is 2.87 bits per heavy atom. The van der Waals surface area contributed by atoms with Crippen LogP contribution in [0.4, 0.5) is 0 Å². The molecule has 0 spiro atoms. The molecule has 1 rings (SSSR count). The Kier molecular flexibility index (Phi) is 4.08. The first kappa shape index (κ1) is 12.4. The van der Waals surface area contributed by atoms with Gasteiger partial charge in [-0.3, -0.25) is 0 Å². The average Bonchev–Trinajstić information content (AvgIpc) is 2.11. The lowest BCUT2D eigenvalue weighted by molar-refractivity contribution is -0.116. The molecule has 0 aromatic carbocycles. The fourth-order valence-corrected chi connectivity index (χ4v) is 1.81. The van der Waals surface area contributed by atoms with Crippen LogP contribution in [0, 0.1) is 0 Å². The summed E-state index contributed by atoms with van der Waals surface area (Å²) < 4.78 is 5.77. The molecule has 3 nitrogen and oxygen atoms in total. The first-order valence-corrected chi connectivity index (χ1v) is 5.31. The molecular weight excluding hydrogens is 192 g/mol. The molecule has 0 saturated carbocycles. The van der Waals surface area contributed by atoms with Gasteiger partial charge in [-0.15, -0.1) is 6.58 Å². The Bertz CT molecular complexity index is 247. The van der Waals surface area contributed by atoms with Crippen molar-refractivity contribution in [3.05, 3.63) is 24.8 Å². The lowest BCUT2D eigenvalue weighted by atomic mass is 9.94. The Hall–Kier alpha value is -0.640. The van der Waals surface area contributed by atoms with Gasteiger partial charge in [-0.1, -0.05) is 18.2 Å². The maximum absolute atomic E-state index is 9.67. The topological polar surface area (TPSA) is 49.7 Å². The van der Waals surface area contributed by atoms with Crippen LogP contribution in [-0.2, 0) is 4.74 Å². The second kappa shape index (κ2) is 4.92. The summed E-state index contributed by atoms with van der Waals surface area (Å²) in [4.78, 5) is 0. The molecule has 2 N–H and O–H groups in total. The molecule has 0 radical (unpaired) electrons. The summed E-state index contributed by atoms with van der Waals surface area (Å²) in [5.41, 5.74) is -0.402. The highest BCUT2D eigenvalue weighted by atomic mass is 16.5. The van der Waals surface area contributed by atoms with Crippen LogP contribution in [0.2, 0.25) is 0 Å². The van der Waals surface area contributed by atoms with Crippen molar-refractivity contribution in [1.82, 2.24) is 0 Å². The van der Waals surface area contributed by atoms with Gasteiger partial charge in [0.25, 0.3) is 0 Å². The monoisotopic (exact) mass is 212 g/mol. The minimum Gasteiger partial charge on any atom is -0.393 e. The molecule has 3 heteroatoms. The minimum absolute atomic E-state index is 0.333. The SMILES string of the molecule is C=CC[C@]1(C)C=C[C@@H](O)[C@@H](C[C@H](C)O)O1. The van der Waals surface area contributed by atoms with Crippen molar-refractivity contribution in [3.63, 3.8) is 0 Å². The highest BCUT2D eigenvalue weighted by molar-refractivity contribution is 5.10. The van der Waals surface area contributed by atoms with Crippen molar-refractivity contribution in [2.24, 2.45) is 0 Å². The summed E-state index contributed by atoms with van der Waals surface area (Å²) >= 11 is 0. The molecule has 0 unspecified atom stereocenters. The molecule has 15 heavy (non-hydrogen) atoms. The van der Waals surface area contributed by atoms with Gasteiger partial charge < -0.3 is 14.9 Å². The van der Waals surface area contributed by atoms with E-state index >= 15 is 0 Å². The first-order chi connectivity index (χ1) is 6.97. The van der Waals surface area contributed by atoms with Gasteiger partial charge >= 0.3 is 0 Å². The Balaban J connectivity index is 2.68. The zero-order valence-corrected chi connectivity index (χ0v) is 9.39. The Morgan fingerprint density at radius 1 is 1.67 bits per heavy atom. The Labute approximate surface area is 91.1 Å². The van der Waals surface area contributed by atoms with E-state index in [0.717, 1.165) is 0 Å². The maximum atomic E-state index is 9.67. The van der Waals surface area contributed by atoms with E-state index in [0.29, 0.717) is 12.8 Å². The Morgan fingerprint density at radius 2 is 2.33 bits per heavy atom. The quantitative estimate of drug-likeness (QED) is 0.693. The van der Waals surface area contributed by atoms with Crippen molar-refractivity contribution in [3.8, 4) is 0 Å². The summed E-state index contributed by atoms with van der Waals surface area (Å²) in [5, 5.41) is 19.0. The molecule has 4 atom stereocenters. The number of aliphatic hydroxyl groups is 2. The highest BCUT2D eigenvalue weighted by Gasteiger charge is 2.33. The predicted molar refractivity (Wildman–Crippen MR) is 59.5 cm³/mol. The molecule has 0 aromatic heterocycles. The van der Waals surface area contributed by atoms with Crippen LogP contribution in [0.3, 0.4) is 0 Å². The van der Waals surface area contributed by atoms with Crippen LogP contribution in [0.25, 0.3) is 0 Å². The van der Waals surface area contributed by atoms with Crippen LogP contribution in [-0.4, -0.2) is 34.1 Å². The van der Waals surface area contributed by atoms with Gasteiger partial charge in [-0.05, 0) is 20.3 Å². The third kappa shape index (κ3) is 3.45. The zero-order chi connectivity index (χ0) is 11.5. The molecule has 1 aliphatic rings. The van der Waals surface area contributed by atoms with Crippen LogP contribution >= 0.6 is 0 Å². The highest BCUT2D eigenvalue weighted by Crippen LogP contribution is 2.28. The van der Waals surface area contributed by atoms with Crippen molar-refractivity contribution < 1.29 is 14.9 Å². The van der Waals surface area contributed by atoms with Crippen LogP contribution in [0.15, 0.2) is 24.8 Å². The van der Waals surface area contributed by atoms with Gasteiger partial charge in [0.05, 0.1) is 23.9 Å². The summed E-state index contributed by atoms with van der Waals surface area (Å²) in [5.74, 6) is 0. The second-order valence-corrected chi connectivity index (χ2v) is 4.40. The van der Waals surface area contributed by atoms with E-state index < -0.39 is 17.8 Å². The van der Waals surface area contributed by atoms with E-state index in [2.05, 4.69) is 6.58 Å². The van der Waals surface area contributed by atoms with Crippen molar-refractivity contribution in [1.29, 1.82) is 0 Å². The van der Waals surface area contributed by atoms with Gasteiger partial charge in [0.2, 0.25) is 0 Å². The molecule has 0 amide bonds. The van der Waals surface area contributed by atoms with Crippen LogP contribution in [0.5, 0.6) is 0 Å². The van der Waals surface area contributed by atoms with Gasteiger partial charge in [0, 0.05) is 6.42 Å². The van der Waals surface area contributed by atoms with Crippen LogP contribution < -0.4 is 0 Å². The van der Waals surface area contributed by atoms with E-state index in [4.69, 9.17) is 4.74 Å². The fraction of sp³-hybridized carbons (Fsp3) is 0.667. The van der Waals surface area contributed by atoms with E-state index in [1.54, 1.807) is 19.1 Å². The van der Waals surface area contributed by atoms with Crippen molar-refractivity contribution in [2.75, 3.05) is 0 Å². The molecule has 1 aliphatic heterocycles. The average molecular weight is 212 g/mol. The molecular formula is C12H20O3. The van der Waals surface area contributed by atoms with E-state index in [-0.39, 0.29) is 6.10 Å². The zero-order valence-electron chi connectivity index (χ0n) is 9.39. The largest absolute Gasteiger partial charge is 0.393 e. The summed E-state index contributed by atoms with van der Waals surface area (Å²) in [6.45, 7) is 7.32. The number of hydrogen-bond donors (Lipinski definition) is 2. The lowest BCUT2D eigenvalue weighted by Gasteiger charge is -2.37. The lowest BCUT2D eigenvalue weighted by Crippen LogP contribution is -2.43.